The van der Waals surface area contributed by atoms with Crippen LogP contribution < -0.4 is 0 Å². The maximum Gasteiger partial charge on any atom is 0.320 e. The summed E-state index contributed by atoms with van der Waals surface area (Å²) in [6, 6.07) is 0.160. The summed E-state index contributed by atoms with van der Waals surface area (Å²) < 4.78 is 1.85. The monoisotopic (exact) mass is 381 g/mol. The van der Waals surface area contributed by atoms with Crippen molar-refractivity contribution in [3.05, 3.63) is 17.4 Å². The van der Waals surface area contributed by atoms with Crippen LogP contribution in [0.5, 0.6) is 0 Å². The zero-order valence-corrected chi connectivity index (χ0v) is 15.9. The Morgan fingerprint density at radius 1 is 1.15 bits per heavy atom. The fourth-order valence-corrected chi connectivity index (χ4v) is 4.72. The molecule has 3 aliphatic rings. The number of amides is 2. The highest BCUT2D eigenvalue weighted by Crippen LogP contribution is 2.35. The molecule has 3 saturated heterocycles. The number of aliphatic hydroxyl groups is 1. The van der Waals surface area contributed by atoms with Gasteiger partial charge in [0.15, 0.2) is 0 Å². The second kappa shape index (κ2) is 7.37. The van der Waals surface area contributed by atoms with E-state index in [0.717, 1.165) is 58.5 Å². The molecule has 144 valence electrons. The predicted octanol–water partition coefficient (Wildman–Crippen LogP) is 1.51. The van der Waals surface area contributed by atoms with E-state index in [4.69, 9.17) is 11.6 Å². The Morgan fingerprint density at radius 2 is 1.92 bits per heavy atom. The van der Waals surface area contributed by atoms with Crippen LogP contribution in [0, 0.1) is 5.92 Å². The smallest absolute Gasteiger partial charge is 0.320 e. The summed E-state index contributed by atoms with van der Waals surface area (Å²) in [7, 11) is 0. The van der Waals surface area contributed by atoms with Crippen LogP contribution in [0.4, 0.5) is 4.79 Å². The Kier molecular flexibility index (Phi) is 5.12. The van der Waals surface area contributed by atoms with E-state index in [-0.39, 0.29) is 11.9 Å². The number of carbonyl (C=O) groups excluding carboxylic acids is 1. The highest BCUT2D eigenvalue weighted by atomic mass is 35.5. The minimum Gasteiger partial charge on any atom is -0.389 e. The van der Waals surface area contributed by atoms with Gasteiger partial charge in [-0.05, 0) is 25.7 Å². The number of hydrogen-bond donors (Lipinski definition) is 1. The summed E-state index contributed by atoms with van der Waals surface area (Å²) in [5.74, 6) is 0.123. The van der Waals surface area contributed by atoms with Gasteiger partial charge in [0.2, 0.25) is 0 Å². The van der Waals surface area contributed by atoms with Gasteiger partial charge in [-0.2, -0.15) is 5.10 Å². The first-order chi connectivity index (χ1) is 12.5. The molecule has 0 aliphatic carbocycles. The molecule has 3 fully saturated rings. The number of nitrogens with zero attached hydrogens (tertiary/aromatic N) is 5. The fraction of sp³-hybridized carbons (Fsp3) is 0.778. The van der Waals surface area contributed by atoms with E-state index < -0.39 is 5.60 Å². The van der Waals surface area contributed by atoms with Gasteiger partial charge in [0, 0.05) is 57.9 Å². The van der Waals surface area contributed by atoms with Gasteiger partial charge in [0.25, 0.3) is 0 Å². The third-order valence-electron chi connectivity index (χ3n) is 6.25. The van der Waals surface area contributed by atoms with Crippen LogP contribution in [0.2, 0.25) is 5.02 Å². The van der Waals surface area contributed by atoms with Crippen molar-refractivity contribution < 1.29 is 9.90 Å². The van der Waals surface area contributed by atoms with Gasteiger partial charge in [-0.3, -0.25) is 4.68 Å². The molecule has 8 heteroatoms. The number of aromatic nitrogens is 2. The van der Waals surface area contributed by atoms with E-state index in [1.165, 1.54) is 0 Å². The lowest BCUT2D eigenvalue weighted by Gasteiger charge is -2.50. The summed E-state index contributed by atoms with van der Waals surface area (Å²) in [4.78, 5) is 19.0. The van der Waals surface area contributed by atoms with Gasteiger partial charge >= 0.3 is 6.03 Å². The first-order valence-electron chi connectivity index (χ1n) is 9.70. The molecule has 0 aromatic carbocycles. The number of urea groups is 1. The Balaban J connectivity index is 1.34. The second-order valence-corrected chi connectivity index (χ2v) is 8.38. The molecule has 4 rings (SSSR count). The average Bonchev–Trinajstić information content (AvgIpc) is 3.30. The van der Waals surface area contributed by atoms with Gasteiger partial charge < -0.3 is 19.8 Å². The minimum atomic E-state index is -0.618. The van der Waals surface area contributed by atoms with Crippen LogP contribution in [0.1, 0.15) is 25.7 Å². The Bertz CT molecular complexity index is 647. The largest absolute Gasteiger partial charge is 0.389 e. The van der Waals surface area contributed by atoms with Gasteiger partial charge in [-0.1, -0.05) is 11.6 Å². The molecule has 2 amide bonds. The maximum atomic E-state index is 12.7. The van der Waals surface area contributed by atoms with E-state index in [0.29, 0.717) is 24.5 Å². The molecule has 0 unspecified atom stereocenters. The first-order valence-corrected chi connectivity index (χ1v) is 10.1. The van der Waals surface area contributed by atoms with Gasteiger partial charge in [-0.25, -0.2) is 4.79 Å². The number of fused-ring (bicyclic) bond motifs is 1. The zero-order chi connectivity index (χ0) is 18.1. The summed E-state index contributed by atoms with van der Waals surface area (Å²) in [5.41, 5.74) is -0.618. The van der Waals surface area contributed by atoms with E-state index in [1.807, 2.05) is 20.7 Å². The number of likely N-dealkylation sites (tertiary alicyclic amines) is 3. The quantitative estimate of drug-likeness (QED) is 0.862. The molecule has 3 aliphatic heterocycles. The molecule has 0 radical (unpaired) electrons. The van der Waals surface area contributed by atoms with Crippen LogP contribution in [0.3, 0.4) is 0 Å². The predicted molar refractivity (Wildman–Crippen MR) is 99.1 cm³/mol. The van der Waals surface area contributed by atoms with E-state index in [1.54, 1.807) is 6.20 Å². The molecule has 0 saturated carbocycles. The van der Waals surface area contributed by atoms with Crippen LogP contribution in [0.25, 0.3) is 0 Å². The zero-order valence-electron chi connectivity index (χ0n) is 15.2. The normalized spacial score (nSPS) is 29.8. The number of halogens is 1. The summed E-state index contributed by atoms with van der Waals surface area (Å²) in [6.45, 7) is 6.48. The number of piperidine rings is 2. The Morgan fingerprint density at radius 3 is 2.65 bits per heavy atom. The Hall–Kier alpha value is -1.31. The van der Waals surface area contributed by atoms with Crippen molar-refractivity contribution in [3.8, 4) is 0 Å². The highest BCUT2D eigenvalue weighted by Gasteiger charge is 2.46. The molecule has 26 heavy (non-hydrogen) atoms. The molecule has 0 bridgehead atoms. The lowest BCUT2D eigenvalue weighted by Crippen LogP contribution is -2.61. The molecule has 0 spiro atoms. The van der Waals surface area contributed by atoms with Crippen molar-refractivity contribution in [1.29, 1.82) is 0 Å². The standard InChI is InChI=1S/C18H28ClN5O2/c19-16-11-20-24(14-16)10-9-21-7-3-18(26)4-8-23(13-15(18)12-21)17(25)22-5-1-2-6-22/h11,14-15,26H,1-10,12-13H2/t15-,18-/m0/s1. The van der Waals surface area contributed by atoms with Crippen molar-refractivity contribution in [2.24, 2.45) is 5.92 Å². The van der Waals surface area contributed by atoms with Gasteiger partial charge in [-0.15, -0.1) is 0 Å². The summed E-state index contributed by atoms with van der Waals surface area (Å²) in [6.07, 6.45) is 7.18. The third kappa shape index (κ3) is 3.70. The SMILES string of the molecule is O=C(N1CCCC1)N1CC[C@@]2(O)CCN(CCn3cc(Cl)cn3)C[C@H]2C1. The maximum absolute atomic E-state index is 12.7. The highest BCUT2D eigenvalue weighted by molar-refractivity contribution is 6.30. The minimum absolute atomic E-state index is 0.123. The van der Waals surface area contributed by atoms with E-state index in [9.17, 15) is 9.90 Å². The molecule has 1 aromatic heterocycles. The van der Waals surface area contributed by atoms with Crippen LogP contribution >= 0.6 is 11.6 Å². The molecule has 2 atom stereocenters. The topological polar surface area (TPSA) is 64.8 Å². The molecular formula is C18H28ClN5O2. The number of carbonyl (C=O) groups is 1. The third-order valence-corrected chi connectivity index (χ3v) is 6.44. The van der Waals surface area contributed by atoms with Crippen LogP contribution in [0.15, 0.2) is 12.4 Å². The van der Waals surface area contributed by atoms with Crippen molar-refractivity contribution in [1.82, 2.24) is 24.5 Å². The summed E-state index contributed by atoms with van der Waals surface area (Å²) in [5, 5.41) is 15.9. The van der Waals surface area contributed by atoms with E-state index in [2.05, 4.69) is 10.00 Å². The Labute approximate surface area is 159 Å². The molecule has 1 N–H and O–H groups in total. The van der Waals surface area contributed by atoms with Gasteiger partial charge in [0.05, 0.1) is 23.4 Å². The lowest BCUT2D eigenvalue weighted by molar-refractivity contribution is -0.107. The molecule has 1 aromatic rings. The van der Waals surface area contributed by atoms with Gasteiger partial charge in [0.1, 0.15) is 0 Å². The fourth-order valence-electron chi connectivity index (χ4n) is 4.56. The van der Waals surface area contributed by atoms with Crippen LogP contribution in [-0.2, 0) is 6.54 Å². The average molecular weight is 382 g/mol. The van der Waals surface area contributed by atoms with E-state index >= 15 is 0 Å². The summed E-state index contributed by atoms with van der Waals surface area (Å²) >= 11 is 5.92. The number of rotatable bonds is 3. The second-order valence-electron chi connectivity index (χ2n) is 7.95. The molecule has 7 nitrogen and oxygen atoms in total. The van der Waals surface area contributed by atoms with Crippen molar-refractivity contribution >= 4 is 17.6 Å². The van der Waals surface area contributed by atoms with Crippen molar-refractivity contribution in [3.63, 3.8) is 0 Å². The van der Waals surface area contributed by atoms with Crippen LogP contribution in [-0.4, -0.2) is 87.0 Å². The lowest BCUT2D eigenvalue weighted by atomic mass is 9.75. The first kappa shape index (κ1) is 18.1. The number of hydrogen-bond acceptors (Lipinski definition) is 4. The molecule has 4 heterocycles. The van der Waals surface area contributed by atoms with Crippen molar-refractivity contribution in [2.45, 2.75) is 37.8 Å². The van der Waals surface area contributed by atoms with Crippen molar-refractivity contribution in [2.75, 3.05) is 45.8 Å². The molecular weight excluding hydrogens is 354 g/mol.